The van der Waals surface area contributed by atoms with Gasteiger partial charge in [-0.1, -0.05) is 80.0 Å². The highest BCUT2D eigenvalue weighted by molar-refractivity contribution is 7.99. The largest absolute Gasteiger partial charge is 0.354 e. The van der Waals surface area contributed by atoms with E-state index in [0.717, 1.165) is 16.7 Å². The first kappa shape index (κ1) is 27.8. The summed E-state index contributed by atoms with van der Waals surface area (Å²) in [5.41, 5.74) is 2.76. The molecule has 1 atom stereocenters. The molecule has 3 aromatic carbocycles. The molecule has 0 unspecified atom stereocenters. The minimum atomic E-state index is -0.699. The predicted molar refractivity (Wildman–Crippen MR) is 146 cm³/mol. The Bertz CT molecular complexity index is 1130. The predicted octanol–water partition coefficient (Wildman–Crippen LogP) is 6.12. The van der Waals surface area contributed by atoms with Gasteiger partial charge in [0.1, 0.15) is 11.9 Å². The van der Waals surface area contributed by atoms with Crippen molar-refractivity contribution in [3.63, 3.8) is 0 Å². The van der Waals surface area contributed by atoms with Crippen molar-refractivity contribution in [3.05, 3.63) is 106 Å². The summed E-state index contributed by atoms with van der Waals surface area (Å²) in [7, 11) is 0. The highest BCUT2D eigenvalue weighted by atomic mass is 35.5. The van der Waals surface area contributed by atoms with Crippen LogP contribution in [0.15, 0.2) is 78.9 Å². The minimum absolute atomic E-state index is 0.146. The summed E-state index contributed by atoms with van der Waals surface area (Å²) in [6.45, 7) is 4.79. The van der Waals surface area contributed by atoms with Gasteiger partial charge in [-0.15, -0.1) is 11.8 Å². The third kappa shape index (κ3) is 8.99. The van der Waals surface area contributed by atoms with E-state index in [1.807, 2.05) is 68.4 Å². The molecule has 0 fully saturated rings. The van der Waals surface area contributed by atoms with E-state index in [1.165, 1.54) is 23.9 Å². The second-order valence-corrected chi connectivity index (χ2v) is 10.5. The van der Waals surface area contributed by atoms with Gasteiger partial charge in [0.15, 0.2) is 0 Å². The van der Waals surface area contributed by atoms with Crippen molar-refractivity contribution in [1.29, 1.82) is 0 Å². The molecule has 36 heavy (non-hydrogen) atoms. The van der Waals surface area contributed by atoms with Gasteiger partial charge in [-0.3, -0.25) is 9.59 Å². The molecular weight excluding hydrogens is 495 g/mol. The van der Waals surface area contributed by atoms with Gasteiger partial charge >= 0.3 is 0 Å². The van der Waals surface area contributed by atoms with Crippen molar-refractivity contribution in [2.24, 2.45) is 5.92 Å². The number of hydrogen-bond donors (Lipinski definition) is 1. The van der Waals surface area contributed by atoms with Gasteiger partial charge in [-0.25, -0.2) is 4.39 Å². The summed E-state index contributed by atoms with van der Waals surface area (Å²) < 4.78 is 13.5. The van der Waals surface area contributed by atoms with Crippen LogP contribution >= 0.6 is 23.4 Å². The van der Waals surface area contributed by atoms with Crippen molar-refractivity contribution in [3.8, 4) is 0 Å². The van der Waals surface area contributed by atoms with Gasteiger partial charge in [0.25, 0.3) is 0 Å². The maximum atomic E-state index is 13.6. The number of nitrogens with one attached hydrogen (secondary N) is 1. The van der Waals surface area contributed by atoms with E-state index in [2.05, 4.69) is 5.32 Å². The van der Waals surface area contributed by atoms with Gasteiger partial charge in [0.2, 0.25) is 11.8 Å². The molecule has 4 nitrogen and oxygen atoms in total. The molecule has 0 radical (unpaired) electrons. The van der Waals surface area contributed by atoms with Gasteiger partial charge in [-0.2, -0.15) is 0 Å². The molecule has 0 heterocycles. The van der Waals surface area contributed by atoms with E-state index in [4.69, 9.17) is 11.6 Å². The average Bonchev–Trinajstić information content (AvgIpc) is 2.86. The lowest BCUT2D eigenvalue weighted by atomic mass is 10.0. The average molecular weight is 527 g/mol. The lowest BCUT2D eigenvalue weighted by Crippen LogP contribution is -2.51. The zero-order valence-corrected chi connectivity index (χ0v) is 22.2. The number of nitrogens with zero attached hydrogens (tertiary/aromatic N) is 1. The molecule has 0 aliphatic heterocycles. The van der Waals surface area contributed by atoms with E-state index >= 15 is 0 Å². The Labute approximate surface area is 222 Å². The molecule has 0 aliphatic carbocycles. The van der Waals surface area contributed by atoms with Crippen molar-refractivity contribution in [2.45, 2.75) is 38.6 Å². The maximum Gasteiger partial charge on any atom is 0.243 e. The van der Waals surface area contributed by atoms with Crippen LogP contribution in [0.2, 0.25) is 5.02 Å². The highest BCUT2D eigenvalue weighted by Gasteiger charge is 2.30. The number of hydrogen-bond acceptors (Lipinski definition) is 3. The first-order valence-corrected chi connectivity index (χ1v) is 13.5. The van der Waals surface area contributed by atoms with Crippen LogP contribution in [0.1, 0.15) is 30.5 Å². The van der Waals surface area contributed by atoms with Gasteiger partial charge in [0, 0.05) is 30.3 Å². The van der Waals surface area contributed by atoms with Gasteiger partial charge < -0.3 is 10.2 Å². The Balaban J connectivity index is 1.83. The van der Waals surface area contributed by atoms with Crippen molar-refractivity contribution in [2.75, 3.05) is 12.3 Å². The SMILES string of the molecule is CC(C)CNC(=O)[C@@H](Cc1ccccc1)N(Cc1ccc(F)cc1)C(=O)CSCc1cccc(Cl)c1. The van der Waals surface area contributed by atoms with Crippen LogP contribution in [0.25, 0.3) is 0 Å². The second-order valence-electron chi connectivity index (χ2n) is 9.12. The maximum absolute atomic E-state index is 13.6. The topological polar surface area (TPSA) is 49.4 Å². The van der Waals surface area contributed by atoms with E-state index < -0.39 is 6.04 Å². The molecule has 0 bridgehead atoms. The van der Waals surface area contributed by atoms with E-state index in [-0.39, 0.29) is 35.8 Å². The summed E-state index contributed by atoms with van der Waals surface area (Å²) in [6, 6.07) is 22.6. The number of benzene rings is 3. The molecule has 190 valence electrons. The summed E-state index contributed by atoms with van der Waals surface area (Å²) in [4.78, 5) is 28.6. The molecule has 0 saturated carbocycles. The van der Waals surface area contributed by atoms with E-state index in [0.29, 0.717) is 23.7 Å². The highest BCUT2D eigenvalue weighted by Crippen LogP contribution is 2.20. The Morgan fingerprint density at radius 1 is 0.944 bits per heavy atom. The number of rotatable bonds is 12. The first-order valence-electron chi connectivity index (χ1n) is 12.0. The van der Waals surface area contributed by atoms with Crippen molar-refractivity contribution < 1.29 is 14.0 Å². The number of halogens is 2. The van der Waals surface area contributed by atoms with Crippen LogP contribution in [-0.2, 0) is 28.3 Å². The molecular formula is C29H32ClFN2O2S. The third-order valence-corrected chi connectivity index (χ3v) is 6.83. The van der Waals surface area contributed by atoms with Crippen LogP contribution < -0.4 is 5.32 Å². The van der Waals surface area contributed by atoms with Crippen molar-refractivity contribution >= 4 is 35.2 Å². The zero-order chi connectivity index (χ0) is 25.9. The van der Waals surface area contributed by atoms with Gasteiger partial charge in [-0.05, 0) is 46.9 Å². The number of carbonyl (C=O) groups excluding carboxylic acids is 2. The fraction of sp³-hybridized carbons (Fsp3) is 0.310. The van der Waals surface area contributed by atoms with Crippen LogP contribution in [0.4, 0.5) is 4.39 Å². The number of thioether (sulfide) groups is 1. The minimum Gasteiger partial charge on any atom is -0.354 e. The monoisotopic (exact) mass is 526 g/mol. The summed E-state index contributed by atoms with van der Waals surface area (Å²) in [6.07, 6.45) is 0.386. The van der Waals surface area contributed by atoms with Crippen LogP contribution in [0.3, 0.4) is 0 Å². The smallest absolute Gasteiger partial charge is 0.243 e. The molecule has 3 rings (SSSR count). The summed E-state index contributed by atoms with van der Waals surface area (Å²) in [5, 5.41) is 3.66. The Morgan fingerprint density at radius 3 is 2.31 bits per heavy atom. The first-order chi connectivity index (χ1) is 17.3. The fourth-order valence-electron chi connectivity index (χ4n) is 3.73. The summed E-state index contributed by atoms with van der Waals surface area (Å²) in [5.74, 6) is 0.427. The Hall–Kier alpha value is -2.83. The molecule has 7 heteroatoms. The molecule has 2 amide bonds. The Morgan fingerprint density at radius 2 is 1.64 bits per heavy atom. The van der Waals surface area contributed by atoms with E-state index in [1.54, 1.807) is 17.0 Å². The Kier molecular flexibility index (Phi) is 10.8. The van der Waals surface area contributed by atoms with E-state index in [9.17, 15) is 14.0 Å². The fourth-order valence-corrected chi connectivity index (χ4v) is 4.80. The van der Waals surface area contributed by atoms with Gasteiger partial charge in [0.05, 0.1) is 5.75 Å². The lowest BCUT2D eigenvalue weighted by molar-refractivity contribution is -0.139. The molecule has 1 N–H and O–H groups in total. The zero-order valence-electron chi connectivity index (χ0n) is 20.6. The number of amides is 2. The molecule has 0 saturated heterocycles. The third-order valence-electron chi connectivity index (χ3n) is 5.61. The number of carbonyl (C=O) groups is 2. The lowest BCUT2D eigenvalue weighted by Gasteiger charge is -2.32. The van der Waals surface area contributed by atoms with Crippen LogP contribution in [0, 0.1) is 11.7 Å². The van der Waals surface area contributed by atoms with Crippen LogP contribution in [0.5, 0.6) is 0 Å². The normalized spacial score (nSPS) is 11.8. The second kappa shape index (κ2) is 14.0. The quantitative estimate of drug-likeness (QED) is 0.309. The molecule has 0 spiro atoms. The molecule has 0 aliphatic rings. The molecule has 0 aromatic heterocycles. The van der Waals surface area contributed by atoms with Crippen LogP contribution in [-0.4, -0.2) is 35.1 Å². The van der Waals surface area contributed by atoms with Crippen molar-refractivity contribution in [1.82, 2.24) is 10.2 Å². The summed E-state index contributed by atoms with van der Waals surface area (Å²) >= 11 is 7.56. The molecule has 3 aromatic rings. The standard InChI is InChI=1S/C29H32ClFN2O2S/c1-21(2)17-32-29(35)27(16-22-7-4-3-5-8-22)33(18-23-11-13-26(31)14-12-23)28(34)20-36-19-24-9-6-10-25(30)15-24/h3-15,21,27H,16-20H2,1-2H3,(H,32,35)/t27-/m1/s1.